The highest BCUT2D eigenvalue weighted by molar-refractivity contribution is 7.10. The normalized spacial score (nSPS) is 19.0. The summed E-state index contributed by atoms with van der Waals surface area (Å²) in [4.78, 5) is 27.0. The first-order chi connectivity index (χ1) is 10.6. The van der Waals surface area contributed by atoms with E-state index < -0.39 is 12.1 Å². The average molecular weight is 323 g/mol. The predicted molar refractivity (Wildman–Crippen MR) is 84.6 cm³/mol. The maximum absolute atomic E-state index is 12.3. The molecule has 22 heavy (non-hydrogen) atoms. The summed E-state index contributed by atoms with van der Waals surface area (Å²) < 4.78 is 10.2. The summed E-state index contributed by atoms with van der Waals surface area (Å²) in [6, 6.07) is 4.14. The van der Waals surface area contributed by atoms with Gasteiger partial charge in [0.15, 0.2) is 12.7 Å². The number of nitrogens with zero attached hydrogens (tertiary/aromatic N) is 1. The summed E-state index contributed by atoms with van der Waals surface area (Å²) in [6.07, 6.45) is 2.79. The molecule has 5 nitrogen and oxygen atoms in total. The van der Waals surface area contributed by atoms with Crippen LogP contribution in [0.15, 0.2) is 30.2 Å². The first kappa shape index (κ1) is 16.7. The molecule has 2 rings (SSSR count). The van der Waals surface area contributed by atoms with Crippen molar-refractivity contribution in [2.45, 2.75) is 31.9 Å². The fourth-order valence-electron chi connectivity index (χ4n) is 2.46. The zero-order chi connectivity index (χ0) is 15.9. The van der Waals surface area contributed by atoms with Crippen LogP contribution in [0.3, 0.4) is 0 Å². The highest BCUT2D eigenvalue weighted by atomic mass is 32.1. The number of hydrogen-bond acceptors (Lipinski definition) is 5. The lowest BCUT2D eigenvalue weighted by Crippen LogP contribution is -2.35. The maximum atomic E-state index is 12.3. The summed E-state index contributed by atoms with van der Waals surface area (Å²) in [7, 11) is 0. The molecule has 1 aliphatic heterocycles. The van der Waals surface area contributed by atoms with Crippen molar-refractivity contribution in [1.29, 1.82) is 0 Å². The highest BCUT2D eigenvalue weighted by Gasteiger charge is 2.31. The van der Waals surface area contributed by atoms with Gasteiger partial charge in [-0.05, 0) is 31.2 Å². The first-order valence-electron chi connectivity index (χ1n) is 7.35. The minimum atomic E-state index is -0.697. The SMILES string of the molecule is C=CCOC(C)C(=O)OCC(=O)N1CCCC1c1cccs1. The van der Waals surface area contributed by atoms with Gasteiger partial charge in [-0.1, -0.05) is 12.1 Å². The van der Waals surface area contributed by atoms with Crippen LogP contribution in [0.5, 0.6) is 0 Å². The standard InChI is InChI=1S/C16H21NO4S/c1-3-9-20-12(2)16(19)21-11-15(18)17-8-4-6-13(17)14-7-5-10-22-14/h3,5,7,10,12-13H,1,4,6,8-9,11H2,2H3. The van der Waals surface area contributed by atoms with Gasteiger partial charge in [0.1, 0.15) is 0 Å². The molecule has 1 aromatic heterocycles. The van der Waals surface area contributed by atoms with Crippen molar-refractivity contribution >= 4 is 23.2 Å². The number of rotatable bonds is 7. The fourth-order valence-corrected chi connectivity index (χ4v) is 3.33. The lowest BCUT2D eigenvalue weighted by molar-refractivity contribution is -0.160. The summed E-state index contributed by atoms with van der Waals surface area (Å²) in [5, 5.41) is 2.01. The van der Waals surface area contributed by atoms with Crippen LogP contribution in [0.2, 0.25) is 0 Å². The van der Waals surface area contributed by atoms with Crippen LogP contribution in [0.1, 0.15) is 30.7 Å². The smallest absolute Gasteiger partial charge is 0.335 e. The number of esters is 1. The van der Waals surface area contributed by atoms with Crippen LogP contribution in [0.4, 0.5) is 0 Å². The van der Waals surface area contributed by atoms with E-state index in [0.29, 0.717) is 6.54 Å². The molecule has 1 aliphatic rings. The van der Waals surface area contributed by atoms with Gasteiger partial charge in [0, 0.05) is 11.4 Å². The second-order valence-electron chi connectivity index (χ2n) is 5.13. The molecule has 2 heterocycles. The number of hydrogen-bond donors (Lipinski definition) is 0. The van der Waals surface area contributed by atoms with Crippen molar-refractivity contribution in [2.24, 2.45) is 0 Å². The van der Waals surface area contributed by atoms with Crippen molar-refractivity contribution in [2.75, 3.05) is 19.8 Å². The Morgan fingerprint density at radius 2 is 2.41 bits per heavy atom. The molecule has 6 heteroatoms. The van der Waals surface area contributed by atoms with E-state index in [-0.39, 0.29) is 25.2 Å². The summed E-state index contributed by atoms with van der Waals surface area (Å²) >= 11 is 1.65. The average Bonchev–Trinajstić information content (AvgIpc) is 3.19. The van der Waals surface area contributed by atoms with E-state index >= 15 is 0 Å². The number of carbonyl (C=O) groups excluding carboxylic acids is 2. The molecule has 0 bridgehead atoms. The van der Waals surface area contributed by atoms with Gasteiger partial charge >= 0.3 is 5.97 Å². The van der Waals surface area contributed by atoms with Gasteiger partial charge in [0.25, 0.3) is 5.91 Å². The quantitative estimate of drug-likeness (QED) is 0.571. The summed E-state index contributed by atoms with van der Waals surface area (Å²) in [5.74, 6) is -0.678. The van der Waals surface area contributed by atoms with Crippen LogP contribution in [-0.4, -0.2) is 42.6 Å². The first-order valence-corrected chi connectivity index (χ1v) is 8.23. The van der Waals surface area contributed by atoms with Gasteiger partial charge in [-0.3, -0.25) is 4.79 Å². The second-order valence-corrected chi connectivity index (χ2v) is 6.11. The zero-order valence-corrected chi connectivity index (χ0v) is 13.5. The van der Waals surface area contributed by atoms with Gasteiger partial charge in [-0.25, -0.2) is 4.79 Å². The Morgan fingerprint density at radius 1 is 1.59 bits per heavy atom. The highest BCUT2D eigenvalue weighted by Crippen LogP contribution is 2.34. The van der Waals surface area contributed by atoms with Crippen LogP contribution in [0, 0.1) is 0 Å². The molecule has 0 saturated carbocycles. The number of carbonyl (C=O) groups is 2. The van der Waals surface area contributed by atoms with Gasteiger partial charge in [-0.2, -0.15) is 0 Å². The van der Waals surface area contributed by atoms with Crippen molar-refractivity contribution in [1.82, 2.24) is 4.90 Å². The van der Waals surface area contributed by atoms with Crippen molar-refractivity contribution in [3.63, 3.8) is 0 Å². The molecule has 0 N–H and O–H groups in total. The minimum absolute atomic E-state index is 0.112. The molecule has 1 fully saturated rings. The van der Waals surface area contributed by atoms with Crippen molar-refractivity contribution in [3.8, 4) is 0 Å². The molecule has 2 atom stereocenters. The van der Waals surface area contributed by atoms with Crippen molar-refractivity contribution < 1.29 is 19.1 Å². The van der Waals surface area contributed by atoms with Crippen LogP contribution in [0.25, 0.3) is 0 Å². The molecule has 0 radical (unpaired) electrons. The van der Waals surface area contributed by atoms with Crippen LogP contribution in [-0.2, 0) is 19.1 Å². The van der Waals surface area contributed by atoms with E-state index in [2.05, 4.69) is 6.58 Å². The predicted octanol–water partition coefficient (Wildman–Crippen LogP) is 2.55. The van der Waals surface area contributed by atoms with E-state index in [9.17, 15) is 9.59 Å². The Morgan fingerprint density at radius 3 is 3.09 bits per heavy atom. The van der Waals surface area contributed by atoms with Gasteiger partial charge in [-0.15, -0.1) is 17.9 Å². The largest absolute Gasteiger partial charge is 0.454 e. The van der Waals surface area contributed by atoms with E-state index in [1.54, 1.807) is 29.2 Å². The third kappa shape index (κ3) is 4.18. The topological polar surface area (TPSA) is 55.8 Å². The summed E-state index contributed by atoms with van der Waals surface area (Å²) in [6.45, 7) is 5.86. The molecule has 1 amide bonds. The van der Waals surface area contributed by atoms with Crippen molar-refractivity contribution in [3.05, 3.63) is 35.0 Å². The molecule has 0 spiro atoms. The molecular formula is C16H21NO4S. The van der Waals surface area contributed by atoms with Crippen LogP contribution < -0.4 is 0 Å². The molecule has 2 unspecified atom stereocenters. The van der Waals surface area contributed by atoms with Gasteiger partial charge < -0.3 is 14.4 Å². The van der Waals surface area contributed by atoms with Crippen LogP contribution >= 0.6 is 11.3 Å². The number of ether oxygens (including phenoxy) is 2. The third-order valence-corrected chi connectivity index (χ3v) is 4.55. The molecular weight excluding hydrogens is 302 g/mol. The fraction of sp³-hybridized carbons (Fsp3) is 0.500. The molecule has 0 aliphatic carbocycles. The maximum Gasteiger partial charge on any atom is 0.335 e. The second kappa shape index (κ2) is 8.10. The zero-order valence-electron chi connectivity index (χ0n) is 12.7. The van der Waals surface area contributed by atoms with E-state index in [1.165, 1.54) is 4.88 Å². The van der Waals surface area contributed by atoms with E-state index in [0.717, 1.165) is 12.8 Å². The Balaban J connectivity index is 1.84. The third-order valence-electron chi connectivity index (χ3n) is 3.58. The monoisotopic (exact) mass is 323 g/mol. The van der Waals surface area contributed by atoms with E-state index in [4.69, 9.17) is 9.47 Å². The molecule has 1 aromatic rings. The molecule has 1 saturated heterocycles. The summed E-state index contributed by atoms with van der Waals surface area (Å²) in [5.41, 5.74) is 0. The van der Waals surface area contributed by atoms with E-state index in [1.807, 2.05) is 17.5 Å². The number of thiophene rings is 1. The Labute approximate surface area is 134 Å². The lowest BCUT2D eigenvalue weighted by Gasteiger charge is -2.24. The Kier molecular flexibility index (Phi) is 6.15. The molecule has 0 aromatic carbocycles. The minimum Gasteiger partial charge on any atom is -0.454 e. The number of amides is 1. The number of likely N-dealkylation sites (tertiary alicyclic amines) is 1. The molecule has 120 valence electrons. The van der Waals surface area contributed by atoms with Gasteiger partial charge in [0.2, 0.25) is 0 Å². The lowest BCUT2D eigenvalue weighted by atomic mass is 10.2. The Hall–Kier alpha value is -1.66. The van der Waals surface area contributed by atoms with Gasteiger partial charge in [0.05, 0.1) is 12.6 Å². The Bertz CT molecular complexity index is 514.